The fraction of sp³-hybridized carbons (Fsp3) is 0. The zero-order valence-electron chi connectivity index (χ0n) is 14.5. The molecule has 5 nitrogen and oxygen atoms in total. The summed E-state index contributed by atoms with van der Waals surface area (Å²) in [6.45, 7) is 0. The van der Waals surface area contributed by atoms with Gasteiger partial charge in [0, 0.05) is 22.3 Å². The Morgan fingerprint density at radius 1 is 0.593 bits per heavy atom. The van der Waals surface area contributed by atoms with Gasteiger partial charge in [0.2, 0.25) is 0 Å². The number of hydrogen-bond acceptors (Lipinski definition) is 4. The van der Waals surface area contributed by atoms with E-state index in [9.17, 15) is 0 Å². The Labute approximate surface area is 156 Å². The monoisotopic (exact) mass is 351 g/mol. The molecule has 0 aliphatic heterocycles. The van der Waals surface area contributed by atoms with Gasteiger partial charge < -0.3 is 0 Å². The molecular weight excluding hydrogens is 334 g/mol. The minimum atomic E-state index is 0.174. The van der Waals surface area contributed by atoms with Gasteiger partial charge in [-0.05, 0) is 6.07 Å². The summed E-state index contributed by atoms with van der Waals surface area (Å²) in [4.78, 5) is 0. The van der Waals surface area contributed by atoms with E-state index in [-0.39, 0.29) is 11.4 Å². The predicted molar refractivity (Wildman–Crippen MR) is 107 cm³/mol. The topological polar surface area (TPSA) is 89.3 Å². The molecule has 0 spiro atoms. The predicted octanol–water partition coefficient (Wildman–Crippen LogP) is 4.57. The number of aromatic amines is 1. The average molecular weight is 351 g/mol. The third-order valence-corrected chi connectivity index (χ3v) is 4.33. The summed E-state index contributed by atoms with van der Waals surface area (Å²) in [5.74, 6) is 0. The van der Waals surface area contributed by atoms with Crippen molar-refractivity contribution in [3.8, 4) is 22.5 Å². The van der Waals surface area contributed by atoms with E-state index in [1.807, 2.05) is 84.9 Å². The van der Waals surface area contributed by atoms with Gasteiger partial charge in [-0.3, -0.25) is 10.8 Å². The molecule has 5 heteroatoms. The van der Waals surface area contributed by atoms with Crippen molar-refractivity contribution in [2.75, 3.05) is 0 Å². The molecule has 1 aromatic heterocycles. The van der Waals surface area contributed by atoms with Crippen LogP contribution in [0.15, 0.2) is 84.9 Å². The number of H-pyrrole nitrogens is 1. The van der Waals surface area contributed by atoms with Gasteiger partial charge in [-0.15, -0.1) is 0 Å². The van der Waals surface area contributed by atoms with Crippen LogP contribution in [0.4, 0.5) is 0 Å². The van der Waals surface area contributed by atoms with E-state index in [4.69, 9.17) is 10.8 Å². The van der Waals surface area contributed by atoms with Crippen molar-refractivity contribution in [2.24, 2.45) is 0 Å². The van der Waals surface area contributed by atoms with Crippen molar-refractivity contribution in [2.45, 2.75) is 0 Å². The van der Waals surface area contributed by atoms with Crippen molar-refractivity contribution < 1.29 is 0 Å². The van der Waals surface area contributed by atoms with Crippen molar-refractivity contribution in [3.63, 3.8) is 0 Å². The van der Waals surface area contributed by atoms with Gasteiger partial charge in [-0.2, -0.15) is 15.4 Å². The number of aromatic nitrogens is 3. The number of nitrogens with zero attached hydrogens (tertiary/aromatic N) is 2. The second-order valence-electron chi connectivity index (χ2n) is 6.08. The molecule has 0 atom stereocenters. The lowest BCUT2D eigenvalue weighted by Gasteiger charge is -2.08. The van der Waals surface area contributed by atoms with Crippen molar-refractivity contribution >= 4 is 11.4 Å². The molecule has 27 heavy (non-hydrogen) atoms. The summed E-state index contributed by atoms with van der Waals surface area (Å²) in [5.41, 5.74) is 5.07. The van der Waals surface area contributed by atoms with Crippen LogP contribution in [0.3, 0.4) is 0 Å². The second-order valence-corrected chi connectivity index (χ2v) is 6.08. The summed E-state index contributed by atoms with van der Waals surface area (Å²) in [6, 6.07) is 26.7. The first-order chi connectivity index (χ1) is 13.2. The highest BCUT2D eigenvalue weighted by Crippen LogP contribution is 2.28. The van der Waals surface area contributed by atoms with Crippen LogP contribution in [0.25, 0.3) is 22.5 Å². The summed E-state index contributed by atoms with van der Waals surface area (Å²) in [7, 11) is 0. The molecule has 0 bridgehead atoms. The Kier molecular flexibility index (Phi) is 4.41. The number of rotatable bonds is 5. The van der Waals surface area contributed by atoms with Crippen molar-refractivity contribution in [3.05, 3.63) is 96.1 Å². The Balaban J connectivity index is 1.70. The van der Waals surface area contributed by atoms with Crippen LogP contribution < -0.4 is 0 Å². The summed E-state index contributed by atoms with van der Waals surface area (Å²) >= 11 is 0. The van der Waals surface area contributed by atoms with Gasteiger partial charge in [0.15, 0.2) is 0 Å². The quantitative estimate of drug-likeness (QED) is 0.460. The molecule has 0 saturated carbocycles. The van der Waals surface area contributed by atoms with E-state index < -0.39 is 0 Å². The lowest BCUT2D eigenvalue weighted by Crippen LogP contribution is -2.14. The standard InChI is InChI=1S/C22H17N5/c23-19(15-8-3-1-4-9-15)20(24)17-12-7-13-18(14-17)22-21(25-27-26-22)16-10-5-2-6-11-16/h1-14,23-24H,(H,25,26,27). The molecule has 1 heterocycles. The summed E-state index contributed by atoms with van der Waals surface area (Å²) in [6.07, 6.45) is 0. The minimum absolute atomic E-state index is 0.174. The van der Waals surface area contributed by atoms with E-state index in [1.54, 1.807) is 0 Å². The first-order valence-electron chi connectivity index (χ1n) is 8.54. The third kappa shape index (κ3) is 3.30. The normalized spacial score (nSPS) is 10.5. The van der Waals surface area contributed by atoms with E-state index in [0.717, 1.165) is 28.1 Å². The summed E-state index contributed by atoms with van der Waals surface area (Å²) in [5, 5.41) is 28.1. The van der Waals surface area contributed by atoms with Gasteiger partial charge in [0.1, 0.15) is 11.4 Å². The molecule has 4 rings (SSSR count). The van der Waals surface area contributed by atoms with Gasteiger partial charge in [-0.25, -0.2) is 0 Å². The van der Waals surface area contributed by atoms with Crippen LogP contribution in [0.2, 0.25) is 0 Å². The molecule has 3 aromatic carbocycles. The fourth-order valence-electron chi connectivity index (χ4n) is 2.94. The average Bonchev–Trinajstić information content (AvgIpc) is 3.24. The zero-order chi connectivity index (χ0) is 18.6. The maximum absolute atomic E-state index is 8.44. The molecule has 0 unspecified atom stereocenters. The Bertz CT molecular complexity index is 1100. The lowest BCUT2D eigenvalue weighted by molar-refractivity contribution is 0.944. The zero-order valence-corrected chi connectivity index (χ0v) is 14.5. The molecule has 4 aromatic rings. The van der Waals surface area contributed by atoms with E-state index >= 15 is 0 Å². The maximum Gasteiger partial charge on any atom is 0.120 e. The van der Waals surface area contributed by atoms with Crippen LogP contribution >= 0.6 is 0 Å². The Morgan fingerprint density at radius 2 is 1.11 bits per heavy atom. The van der Waals surface area contributed by atoms with E-state index in [0.29, 0.717) is 5.56 Å². The number of nitrogens with one attached hydrogen (secondary N) is 3. The van der Waals surface area contributed by atoms with E-state index in [1.165, 1.54) is 0 Å². The number of hydrogen-bond donors (Lipinski definition) is 3. The van der Waals surface area contributed by atoms with Crippen LogP contribution in [-0.4, -0.2) is 26.8 Å². The maximum atomic E-state index is 8.44. The van der Waals surface area contributed by atoms with Crippen LogP contribution in [0.1, 0.15) is 11.1 Å². The van der Waals surface area contributed by atoms with E-state index in [2.05, 4.69) is 15.4 Å². The first kappa shape index (κ1) is 16.6. The molecule has 130 valence electrons. The largest absolute Gasteiger partial charge is 0.298 e. The molecule has 0 saturated heterocycles. The Hall–Kier alpha value is -3.86. The van der Waals surface area contributed by atoms with Crippen LogP contribution in [0, 0.1) is 10.8 Å². The molecule has 0 radical (unpaired) electrons. The molecule has 0 aliphatic rings. The minimum Gasteiger partial charge on any atom is -0.298 e. The second kappa shape index (κ2) is 7.17. The third-order valence-electron chi connectivity index (χ3n) is 4.33. The molecule has 0 fully saturated rings. The Morgan fingerprint density at radius 3 is 1.81 bits per heavy atom. The highest BCUT2D eigenvalue weighted by Gasteiger charge is 2.15. The molecule has 0 amide bonds. The van der Waals surface area contributed by atoms with Gasteiger partial charge in [-0.1, -0.05) is 78.9 Å². The lowest BCUT2D eigenvalue weighted by atomic mass is 9.97. The highest BCUT2D eigenvalue weighted by atomic mass is 15.3. The smallest absolute Gasteiger partial charge is 0.120 e. The molecule has 0 aliphatic carbocycles. The SMILES string of the molecule is N=C(C(=N)c1cccc(-c2n[nH]nc2-c2ccccc2)c1)c1ccccc1. The van der Waals surface area contributed by atoms with Crippen molar-refractivity contribution in [1.82, 2.24) is 15.4 Å². The number of benzene rings is 3. The molecular formula is C22H17N5. The summed E-state index contributed by atoms with van der Waals surface area (Å²) < 4.78 is 0. The van der Waals surface area contributed by atoms with Crippen LogP contribution in [0.5, 0.6) is 0 Å². The fourth-order valence-corrected chi connectivity index (χ4v) is 2.94. The van der Waals surface area contributed by atoms with Crippen LogP contribution in [-0.2, 0) is 0 Å². The van der Waals surface area contributed by atoms with Gasteiger partial charge in [0.25, 0.3) is 0 Å². The highest BCUT2D eigenvalue weighted by molar-refractivity contribution is 6.51. The van der Waals surface area contributed by atoms with Gasteiger partial charge in [0.05, 0.1) is 11.4 Å². The molecule has 3 N–H and O–H groups in total. The van der Waals surface area contributed by atoms with Crippen molar-refractivity contribution in [1.29, 1.82) is 10.8 Å². The van der Waals surface area contributed by atoms with Gasteiger partial charge >= 0.3 is 0 Å². The first-order valence-corrected chi connectivity index (χ1v) is 8.54.